The molecule has 0 bridgehead atoms. The number of amides is 1. The Morgan fingerprint density at radius 1 is 1.35 bits per heavy atom. The van der Waals surface area contributed by atoms with Gasteiger partial charge in [0.2, 0.25) is 0 Å². The fourth-order valence-corrected chi connectivity index (χ4v) is 0.859. The van der Waals surface area contributed by atoms with Crippen LogP contribution in [0.4, 0.5) is 4.79 Å². The number of rotatable bonds is 2. The van der Waals surface area contributed by atoms with Gasteiger partial charge in [-0.25, -0.2) is 14.4 Å². The molecule has 0 radical (unpaired) electrons. The fraction of sp³-hybridized carbons (Fsp3) is 0.375. The first-order valence-corrected chi connectivity index (χ1v) is 4.49. The molecule has 0 saturated carbocycles. The fourth-order valence-electron chi connectivity index (χ4n) is 0.859. The molecular weight excluding hydrogens is 230 g/mol. The highest BCUT2D eigenvalue weighted by molar-refractivity contribution is 5.84. The third-order valence-electron chi connectivity index (χ3n) is 1.72. The maximum absolute atomic E-state index is 11.6. The van der Waals surface area contributed by atoms with Gasteiger partial charge in [-0.15, -0.1) is 4.68 Å². The summed E-state index contributed by atoms with van der Waals surface area (Å²) >= 11 is 0. The molecule has 0 spiro atoms. The van der Waals surface area contributed by atoms with E-state index in [1.165, 1.54) is 26.1 Å². The van der Waals surface area contributed by atoms with Crippen molar-refractivity contribution in [2.75, 3.05) is 21.2 Å². The summed E-state index contributed by atoms with van der Waals surface area (Å²) in [5, 5.41) is 6.76. The van der Waals surface area contributed by atoms with Gasteiger partial charge in [0.05, 0.1) is 7.11 Å². The molecule has 0 unspecified atom stereocenters. The van der Waals surface area contributed by atoms with E-state index >= 15 is 0 Å². The number of hydrogen-bond donors (Lipinski definition) is 0. The maximum atomic E-state index is 11.6. The van der Waals surface area contributed by atoms with Gasteiger partial charge in [-0.1, -0.05) is 0 Å². The van der Waals surface area contributed by atoms with Crippen LogP contribution in [0.15, 0.2) is 10.9 Å². The molecule has 92 valence electrons. The molecule has 1 heterocycles. The summed E-state index contributed by atoms with van der Waals surface area (Å²) < 4.78 is 5.65. The third-order valence-corrected chi connectivity index (χ3v) is 1.72. The van der Waals surface area contributed by atoms with E-state index in [1.807, 2.05) is 0 Å². The van der Waals surface area contributed by atoms with Crippen molar-refractivity contribution in [3.63, 3.8) is 0 Å². The Morgan fingerprint density at radius 2 is 2.00 bits per heavy atom. The number of carbonyl (C=O) groups is 2. The van der Waals surface area contributed by atoms with Gasteiger partial charge in [-0.05, 0) is 10.4 Å². The summed E-state index contributed by atoms with van der Waals surface area (Å²) in [6, 6.07) is -0.632. The molecule has 1 amide bonds. The summed E-state index contributed by atoms with van der Waals surface area (Å²) in [7, 11) is 4.14. The van der Waals surface area contributed by atoms with Gasteiger partial charge in [0.15, 0.2) is 0 Å². The van der Waals surface area contributed by atoms with Gasteiger partial charge in [0, 0.05) is 26.4 Å². The second-order valence-electron chi connectivity index (χ2n) is 3.13. The Hall–Kier alpha value is -2.45. The van der Waals surface area contributed by atoms with Crippen LogP contribution in [0, 0.1) is 0 Å². The van der Waals surface area contributed by atoms with Gasteiger partial charge < -0.3 is 9.64 Å². The number of methoxy groups -OCH3 is 1. The number of hydrogen-bond acceptors (Lipinski definition) is 6. The number of carbonyl (C=O) groups excluding carboxylic acids is 2. The topological polar surface area (TPSA) is 99.3 Å². The van der Waals surface area contributed by atoms with E-state index in [2.05, 4.69) is 15.2 Å². The van der Waals surface area contributed by atoms with Crippen LogP contribution in [0.3, 0.4) is 0 Å². The Kier molecular flexibility index (Phi) is 3.75. The third kappa shape index (κ3) is 2.77. The zero-order chi connectivity index (χ0) is 13.0. The predicted octanol–water partition coefficient (Wildman–Crippen LogP) is -1.39. The van der Waals surface area contributed by atoms with Crippen LogP contribution >= 0.6 is 0 Å². The van der Waals surface area contributed by atoms with E-state index in [1.54, 1.807) is 0 Å². The van der Waals surface area contributed by atoms with E-state index in [9.17, 15) is 14.4 Å². The van der Waals surface area contributed by atoms with E-state index < -0.39 is 17.7 Å². The Labute approximate surface area is 95.8 Å². The lowest BCUT2D eigenvalue weighted by molar-refractivity contribution is -0.134. The molecule has 1 aromatic rings. The van der Waals surface area contributed by atoms with Crippen LogP contribution in [-0.4, -0.2) is 57.9 Å². The maximum Gasteiger partial charge on any atom is 0.376 e. The molecule has 0 aliphatic carbocycles. The monoisotopic (exact) mass is 241 g/mol. The van der Waals surface area contributed by atoms with Crippen molar-refractivity contribution in [3.8, 4) is 0 Å². The second kappa shape index (κ2) is 5.05. The van der Waals surface area contributed by atoms with Gasteiger partial charge in [0.1, 0.15) is 0 Å². The highest BCUT2D eigenvalue weighted by Gasteiger charge is 2.14. The molecule has 0 N–H and O–H groups in total. The molecule has 17 heavy (non-hydrogen) atoms. The largest absolute Gasteiger partial charge is 0.466 e. The molecule has 0 aliphatic heterocycles. The quantitative estimate of drug-likeness (QED) is 0.359. The van der Waals surface area contributed by atoms with Gasteiger partial charge >= 0.3 is 17.7 Å². The average molecular weight is 241 g/mol. The molecule has 0 saturated heterocycles. The standard InChI is InChI=1S/C8H11N5O4/c1-11(2)7(15)13-8(16)12(9-10-13)5-4-6(14)17-3/h4-5H,1-3H3/b5-4+. The number of ether oxygens (including phenoxy) is 1. The molecule has 0 aliphatic rings. The highest BCUT2D eigenvalue weighted by atomic mass is 16.5. The SMILES string of the molecule is COC(=O)/C=C/n1nnn(C(=O)N(C)C)c1=O. The number of tetrazole rings is 1. The summed E-state index contributed by atoms with van der Waals surface area (Å²) in [6.45, 7) is 0. The molecule has 1 rings (SSSR count). The van der Waals surface area contributed by atoms with Crippen LogP contribution < -0.4 is 5.69 Å². The molecule has 0 aromatic carbocycles. The van der Waals surface area contributed by atoms with Crippen LogP contribution in [0.1, 0.15) is 0 Å². The van der Waals surface area contributed by atoms with Crippen molar-refractivity contribution < 1.29 is 14.3 Å². The van der Waals surface area contributed by atoms with E-state index in [0.29, 0.717) is 4.68 Å². The summed E-state index contributed by atoms with van der Waals surface area (Å²) in [4.78, 5) is 35.0. The van der Waals surface area contributed by atoms with E-state index in [-0.39, 0.29) is 0 Å². The van der Waals surface area contributed by atoms with Crippen LogP contribution in [0.25, 0.3) is 6.20 Å². The average Bonchev–Trinajstić information content (AvgIpc) is 2.66. The minimum Gasteiger partial charge on any atom is -0.466 e. The molecule has 9 heteroatoms. The summed E-state index contributed by atoms with van der Waals surface area (Å²) in [6.07, 6.45) is 2.04. The lowest BCUT2D eigenvalue weighted by Gasteiger charge is -2.06. The van der Waals surface area contributed by atoms with Crippen LogP contribution in [0.2, 0.25) is 0 Å². The van der Waals surface area contributed by atoms with Crippen molar-refractivity contribution in [3.05, 3.63) is 16.6 Å². The van der Waals surface area contributed by atoms with Crippen molar-refractivity contribution in [2.24, 2.45) is 0 Å². The van der Waals surface area contributed by atoms with Gasteiger partial charge in [-0.2, -0.15) is 4.68 Å². The molecular formula is C8H11N5O4. The lowest BCUT2D eigenvalue weighted by Crippen LogP contribution is -2.36. The Bertz CT molecular complexity index is 512. The van der Waals surface area contributed by atoms with Crippen molar-refractivity contribution in [1.82, 2.24) is 24.7 Å². The highest BCUT2D eigenvalue weighted by Crippen LogP contribution is 1.84. The number of aromatic nitrogens is 4. The Balaban J connectivity index is 3.00. The first-order valence-electron chi connectivity index (χ1n) is 4.49. The van der Waals surface area contributed by atoms with Crippen LogP contribution in [-0.2, 0) is 9.53 Å². The zero-order valence-electron chi connectivity index (χ0n) is 9.52. The van der Waals surface area contributed by atoms with E-state index in [4.69, 9.17) is 0 Å². The minimum absolute atomic E-state index is 0.571. The minimum atomic E-state index is -0.774. The molecule has 0 fully saturated rings. The van der Waals surface area contributed by atoms with Crippen molar-refractivity contribution >= 4 is 18.2 Å². The summed E-state index contributed by atoms with van der Waals surface area (Å²) in [5.41, 5.74) is -0.774. The van der Waals surface area contributed by atoms with Crippen molar-refractivity contribution in [1.29, 1.82) is 0 Å². The normalized spacial score (nSPS) is 10.5. The number of nitrogens with zero attached hydrogens (tertiary/aromatic N) is 5. The molecule has 1 aromatic heterocycles. The second-order valence-corrected chi connectivity index (χ2v) is 3.13. The number of esters is 1. The predicted molar refractivity (Wildman–Crippen MR) is 56.1 cm³/mol. The van der Waals surface area contributed by atoms with E-state index in [0.717, 1.165) is 17.0 Å². The molecule has 9 nitrogen and oxygen atoms in total. The van der Waals surface area contributed by atoms with Crippen LogP contribution in [0.5, 0.6) is 0 Å². The first-order chi connectivity index (χ1) is 7.97. The summed E-state index contributed by atoms with van der Waals surface area (Å²) in [5.74, 6) is -0.648. The molecule has 0 atom stereocenters. The zero-order valence-corrected chi connectivity index (χ0v) is 9.52. The lowest BCUT2D eigenvalue weighted by atomic mass is 10.6. The van der Waals surface area contributed by atoms with Gasteiger partial charge in [-0.3, -0.25) is 0 Å². The van der Waals surface area contributed by atoms with Crippen molar-refractivity contribution in [2.45, 2.75) is 0 Å². The smallest absolute Gasteiger partial charge is 0.376 e. The first kappa shape index (κ1) is 12.6. The Morgan fingerprint density at radius 3 is 2.53 bits per heavy atom. The van der Waals surface area contributed by atoms with Gasteiger partial charge in [0.25, 0.3) is 0 Å².